The molecule has 0 aliphatic heterocycles. The van der Waals surface area contributed by atoms with Crippen molar-refractivity contribution in [3.8, 4) is 11.5 Å². The number of esters is 1. The van der Waals surface area contributed by atoms with E-state index in [4.69, 9.17) is 14.2 Å². The Labute approximate surface area is 184 Å². The number of hydrogen-bond acceptors (Lipinski definition) is 7. The molecule has 0 saturated heterocycles. The third-order valence-corrected chi connectivity index (χ3v) is 5.48. The first-order valence-electron chi connectivity index (χ1n) is 9.82. The van der Waals surface area contributed by atoms with E-state index in [2.05, 4.69) is 10.3 Å². The Hall–Kier alpha value is -3.20. The number of nitrogens with one attached hydrogen (secondary N) is 1. The van der Waals surface area contributed by atoms with E-state index < -0.39 is 0 Å². The molecule has 0 spiro atoms. The third-order valence-electron chi connectivity index (χ3n) is 4.51. The monoisotopic (exact) mass is 443 g/mol. The van der Waals surface area contributed by atoms with E-state index >= 15 is 0 Å². The lowest BCUT2D eigenvalue weighted by Gasteiger charge is -2.10. The Kier molecular flexibility index (Phi) is 7.41. The Morgan fingerprint density at radius 1 is 1.06 bits per heavy atom. The van der Waals surface area contributed by atoms with Crippen molar-refractivity contribution in [3.63, 3.8) is 0 Å². The molecule has 2 aromatic carbocycles. The van der Waals surface area contributed by atoms with Gasteiger partial charge in [-0.2, -0.15) is 0 Å². The van der Waals surface area contributed by atoms with Crippen molar-refractivity contribution in [1.29, 1.82) is 0 Å². The molecule has 0 fully saturated rings. The number of anilines is 1. The van der Waals surface area contributed by atoms with Crippen molar-refractivity contribution in [2.24, 2.45) is 0 Å². The van der Waals surface area contributed by atoms with Crippen LogP contribution < -0.4 is 14.8 Å². The molecule has 31 heavy (non-hydrogen) atoms. The first-order chi connectivity index (χ1) is 15.0. The normalized spacial score (nSPS) is 10.7. The maximum absolute atomic E-state index is 12.5. The second-order valence-electron chi connectivity index (χ2n) is 6.50. The number of thioether (sulfide) groups is 1. The zero-order valence-electron chi connectivity index (χ0n) is 17.9. The SMILES string of the molecule is CCOC(=O)c1ccc2c(c1)nc(SCC(=O)Nc1cc(OC)cc(OC)c1)n2CC. The maximum Gasteiger partial charge on any atom is 0.338 e. The highest BCUT2D eigenvalue weighted by atomic mass is 32.2. The third kappa shape index (κ3) is 5.29. The molecule has 0 radical (unpaired) electrons. The summed E-state index contributed by atoms with van der Waals surface area (Å²) < 4.78 is 17.5. The van der Waals surface area contributed by atoms with Crippen molar-refractivity contribution >= 4 is 40.4 Å². The van der Waals surface area contributed by atoms with E-state index in [0.29, 0.717) is 46.6 Å². The summed E-state index contributed by atoms with van der Waals surface area (Å²) in [4.78, 5) is 29.1. The molecule has 0 bridgehead atoms. The van der Waals surface area contributed by atoms with Gasteiger partial charge in [0.2, 0.25) is 5.91 Å². The highest BCUT2D eigenvalue weighted by Gasteiger charge is 2.15. The lowest BCUT2D eigenvalue weighted by molar-refractivity contribution is -0.113. The molecule has 0 saturated carbocycles. The van der Waals surface area contributed by atoms with E-state index in [9.17, 15) is 9.59 Å². The molecule has 8 nitrogen and oxygen atoms in total. The molecule has 1 N–H and O–H groups in total. The number of methoxy groups -OCH3 is 2. The van der Waals surface area contributed by atoms with E-state index in [1.807, 2.05) is 17.6 Å². The van der Waals surface area contributed by atoms with Crippen LogP contribution in [-0.2, 0) is 16.1 Å². The van der Waals surface area contributed by atoms with Gasteiger partial charge in [0, 0.05) is 30.4 Å². The van der Waals surface area contributed by atoms with Gasteiger partial charge >= 0.3 is 5.97 Å². The minimum absolute atomic E-state index is 0.174. The number of carbonyl (C=O) groups excluding carboxylic acids is 2. The van der Waals surface area contributed by atoms with E-state index in [1.165, 1.54) is 11.8 Å². The summed E-state index contributed by atoms with van der Waals surface area (Å²) in [5, 5.41) is 3.56. The van der Waals surface area contributed by atoms with Gasteiger partial charge in [0.05, 0.1) is 43.2 Å². The Morgan fingerprint density at radius 2 is 1.77 bits per heavy atom. The average molecular weight is 444 g/mol. The predicted molar refractivity (Wildman–Crippen MR) is 120 cm³/mol. The summed E-state index contributed by atoms with van der Waals surface area (Å²) in [7, 11) is 3.11. The second-order valence-corrected chi connectivity index (χ2v) is 7.44. The van der Waals surface area contributed by atoms with E-state index in [0.717, 1.165) is 5.52 Å². The molecule has 164 valence electrons. The fraction of sp³-hybridized carbons (Fsp3) is 0.318. The lowest BCUT2D eigenvalue weighted by atomic mass is 10.2. The molecule has 0 aliphatic rings. The van der Waals surface area contributed by atoms with Crippen LogP contribution in [0.2, 0.25) is 0 Å². The van der Waals surface area contributed by atoms with Gasteiger partial charge in [0.25, 0.3) is 0 Å². The number of benzene rings is 2. The summed E-state index contributed by atoms with van der Waals surface area (Å²) >= 11 is 1.33. The van der Waals surface area contributed by atoms with Gasteiger partial charge in [-0.25, -0.2) is 9.78 Å². The smallest absolute Gasteiger partial charge is 0.338 e. The van der Waals surface area contributed by atoms with Gasteiger partial charge in [-0.1, -0.05) is 11.8 Å². The van der Waals surface area contributed by atoms with Gasteiger partial charge in [-0.15, -0.1) is 0 Å². The zero-order chi connectivity index (χ0) is 22.4. The molecule has 0 aliphatic carbocycles. The number of aryl methyl sites for hydroxylation is 1. The summed E-state index contributed by atoms with van der Waals surface area (Å²) in [5.41, 5.74) is 2.63. The molecule has 3 rings (SSSR count). The topological polar surface area (TPSA) is 91.7 Å². The Balaban J connectivity index is 1.74. The highest BCUT2D eigenvalue weighted by Crippen LogP contribution is 2.27. The van der Waals surface area contributed by atoms with Crippen LogP contribution in [0.15, 0.2) is 41.6 Å². The molecule has 1 amide bonds. The molecule has 0 unspecified atom stereocenters. The molecular weight excluding hydrogens is 418 g/mol. The van der Waals surface area contributed by atoms with Crippen LogP contribution in [0.1, 0.15) is 24.2 Å². The van der Waals surface area contributed by atoms with Crippen molar-refractivity contribution < 1.29 is 23.8 Å². The number of hydrogen-bond donors (Lipinski definition) is 1. The molecule has 1 heterocycles. The Morgan fingerprint density at radius 3 is 2.39 bits per heavy atom. The van der Waals surface area contributed by atoms with E-state index in [-0.39, 0.29) is 17.6 Å². The van der Waals surface area contributed by atoms with Crippen molar-refractivity contribution in [3.05, 3.63) is 42.0 Å². The number of nitrogens with zero attached hydrogens (tertiary/aromatic N) is 2. The molecule has 9 heteroatoms. The van der Waals surface area contributed by atoms with Crippen molar-refractivity contribution in [2.45, 2.75) is 25.5 Å². The minimum atomic E-state index is -0.377. The van der Waals surface area contributed by atoms with Gasteiger partial charge in [0.15, 0.2) is 5.16 Å². The number of amides is 1. The van der Waals surface area contributed by atoms with Crippen LogP contribution in [0.4, 0.5) is 5.69 Å². The fourth-order valence-corrected chi connectivity index (χ4v) is 3.95. The number of imidazole rings is 1. The van der Waals surface area contributed by atoms with Crippen LogP contribution in [0, 0.1) is 0 Å². The van der Waals surface area contributed by atoms with E-state index in [1.54, 1.807) is 51.5 Å². The number of carbonyl (C=O) groups is 2. The summed E-state index contributed by atoms with van der Waals surface area (Å²) in [6.07, 6.45) is 0. The number of ether oxygens (including phenoxy) is 3. The first-order valence-corrected chi connectivity index (χ1v) is 10.8. The largest absolute Gasteiger partial charge is 0.497 e. The first kappa shape index (κ1) is 22.5. The number of rotatable bonds is 9. The molecule has 3 aromatic rings. The second kappa shape index (κ2) is 10.2. The number of aromatic nitrogens is 2. The van der Waals surface area contributed by atoms with Crippen LogP contribution in [-0.4, -0.2) is 48.0 Å². The van der Waals surface area contributed by atoms with Crippen LogP contribution >= 0.6 is 11.8 Å². The van der Waals surface area contributed by atoms with Crippen LogP contribution in [0.3, 0.4) is 0 Å². The molecule has 0 atom stereocenters. The minimum Gasteiger partial charge on any atom is -0.497 e. The fourth-order valence-electron chi connectivity index (χ4n) is 3.07. The standard InChI is InChI=1S/C22H25N3O5S/c1-5-25-19-8-7-14(21(27)30-6-2)9-18(19)24-22(25)31-13-20(26)23-15-10-16(28-3)12-17(11-15)29-4/h7-12H,5-6,13H2,1-4H3,(H,23,26). The maximum atomic E-state index is 12.5. The summed E-state index contributed by atoms with van der Waals surface area (Å²) in [6, 6.07) is 10.5. The predicted octanol–water partition coefficient (Wildman–Crippen LogP) is 3.98. The van der Waals surface area contributed by atoms with Crippen molar-refractivity contribution in [1.82, 2.24) is 9.55 Å². The van der Waals surface area contributed by atoms with Gasteiger partial charge in [-0.05, 0) is 32.0 Å². The lowest BCUT2D eigenvalue weighted by Crippen LogP contribution is -2.14. The molecule has 1 aromatic heterocycles. The molecular formula is C22H25N3O5S. The van der Waals surface area contributed by atoms with Crippen LogP contribution in [0.5, 0.6) is 11.5 Å². The highest BCUT2D eigenvalue weighted by molar-refractivity contribution is 7.99. The van der Waals surface area contributed by atoms with Gasteiger partial charge in [-0.3, -0.25) is 4.79 Å². The quantitative estimate of drug-likeness (QED) is 0.395. The zero-order valence-corrected chi connectivity index (χ0v) is 18.7. The summed E-state index contributed by atoms with van der Waals surface area (Å²) in [6.45, 7) is 4.78. The summed E-state index contributed by atoms with van der Waals surface area (Å²) in [5.74, 6) is 0.799. The average Bonchev–Trinajstić information content (AvgIpc) is 3.14. The number of fused-ring (bicyclic) bond motifs is 1. The van der Waals surface area contributed by atoms with Crippen molar-refractivity contribution in [2.75, 3.05) is 31.9 Å². The van der Waals surface area contributed by atoms with Gasteiger partial charge in [0.1, 0.15) is 11.5 Å². The Bertz CT molecular complexity index is 1070. The van der Waals surface area contributed by atoms with Crippen LogP contribution in [0.25, 0.3) is 11.0 Å². The van der Waals surface area contributed by atoms with Gasteiger partial charge < -0.3 is 24.1 Å².